The summed E-state index contributed by atoms with van der Waals surface area (Å²) in [6.07, 6.45) is 1.55. The van der Waals surface area contributed by atoms with Crippen LogP contribution < -0.4 is 16.0 Å². The van der Waals surface area contributed by atoms with Crippen LogP contribution in [-0.2, 0) is 15.3 Å². The molecule has 1 fully saturated rings. The summed E-state index contributed by atoms with van der Waals surface area (Å²) in [5.41, 5.74) is 2.83. The fraction of sp³-hybridized carbons (Fsp3) is 0.333. The number of amides is 1. The van der Waals surface area contributed by atoms with Crippen molar-refractivity contribution in [3.05, 3.63) is 86.1 Å². The van der Waals surface area contributed by atoms with Gasteiger partial charge < -0.3 is 10.6 Å². The average molecular weight is 499 g/mol. The molecule has 4 unspecified atom stereocenters. The molecule has 0 spiro atoms. The molecule has 0 aromatic heterocycles. The van der Waals surface area contributed by atoms with E-state index in [9.17, 15) is 19.7 Å². The molecule has 0 saturated carbocycles. The third-order valence-corrected chi connectivity index (χ3v) is 7.98. The SMILES string of the molecule is O=C1CCCC2=C1C(c1ccc([N+](=O)[O-])cc1)C1C(=O)NC(SCc3ccccc3Cl)NC1N2. The number of halogens is 1. The van der Waals surface area contributed by atoms with Crippen LogP contribution in [-0.4, -0.2) is 28.3 Å². The number of nitro benzene ring substituents is 1. The maximum Gasteiger partial charge on any atom is 0.269 e. The molecule has 8 nitrogen and oxygen atoms in total. The van der Waals surface area contributed by atoms with Crippen LogP contribution in [0.4, 0.5) is 5.69 Å². The zero-order valence-corrected chi connectivity index (χ0v) is 19.7. The molecule has 5 rings (SSSR count). The van der Waals surface area contributed by atoms with E-state index in [1.807, 2.05) is 24.3 Å². The average Bonchev–Trinajstić information content (AvgIpc) is 2.82. The van der Waals surface area contributed by atoms with E-state index in [1.54, 1.807) is 12.1 Å². The largest absolute Gasteiger partial charge is 0.372 e. The molecular weight excluding hydrogens is 476 g/mol. The summed E-state index contributed by atoms with van der Waals surface area (Å²) in [7, 11) is 0. The number of ketones is 1. The number of carbonyl (C=O) groups excluding carboxylic acids is 2. The number of non-ortho nitro benzene ring substituents is 1. The summed E-state index contributed by atoms with van der Waals surface area (Å²) in [6, 6.07) is 13.8. The van der Waals surface area contributed by atoms with Crippen LogP contribution in [0.1, 0.15) is 36.3 Å². The van der Waals surface area contributed by atoms with Crippen LogP contribution in [0, 0.1) is 16.0 Å². The van der Waals surface area contributed by atoms with E-state index in [0.717, 1.165) is 29.7 Å². The zero-order chi connectivity index (χ0) is 23.8. The van der Waals surface area contributed by atoms with Crippen molar-refractivity contribution in [3.8, 4) is 0 Å². The summed E-state index contributed by atoms with van der Waals surface area (Å²) in [5, 5.41) is 21.7. The van der Waals surface area contributed by atoms with Crippen molar-refractivity contribution in [2.75, 3.05) is 0 Å². The second-order valence-electron chi connectivity index (χ2n) is 8.60. The minimum absolute atomic E-state index is 0.0265. The molecule has 2 heterocycles. The van der Waals surface area contributed by atoms with Gasteiger partial charge in [0.1, 0.15) is 5.50 Å². The van der Waals surface area contributed by atoms with Crippen LogP contribution in [0.3, 0.4) is 0 Å². The van der Waals surface area contributed by atoms with Crippen LogP contribution in [0.2, 0.25) is 5.02 Å². The Morgan fingerprint density at radius 2 is 1.82 bits per heavy atom. The highest BCUT2D eigenvalue weighted by Crippen LogP contribution is 2.44. The van der Waals surface area contributed by atoms with E-state index in [4.69, 9.17) is 11.6 Å². The Kier molecular flexibility index (Phi) is 6.33. The molecule has 2 aromatic carbocycles. The van der Waals surface area contributed by atoms with Crippen LogP contribution in [0.15, 0.2) is 59.8 Å². The first-order chi connectivity index (χ1) is 16.4. The number of rotatable bonds is 5. The van der Waals surface area contributed by atoms with Crippen LogP contribution in [0.5, 0.6) is 0 Å². The normalized spacial score (nSPS) is 26.3. The quantitative estimate of drug-likeness (QED) is 0.424. The van der Waals surface area contributed by atoms with Crippen LogP contribution >= 0.6 is 23.4 Å². The van der Waals surface area contributed by atoms with Gasteiger partial charge in [0.25, 0.3) is 5.69 Å². The highest BCUT2D eigenvalue weighted by Gasteiger charge is 2.49. The lowest BCUT2D eigenvalue weighted by Gasteiger charge is -2.47. The molecule has 0 bridgehead atoms. The summed E-state index contributed by atoms with van der Waals surface area (Å²) in [4.78, 5) is 37.0. The minimum Gasteiger partial charge on any atom is -0.372 e. The Morgan fingerprint density at radius 1 is 1.06 bits per heavy atom. The maximum absolute atomic E-state index is 13.4. The number of benzene rings is 2. The number of carbonyl (C=O) groups is 2. The first kappa shape index (κ1) is 22.9. The lowest BCUT2D eigenvalue weighted by molar-refractivity contribution is -0.384. The van der Waals surface area contributed by atoms with E-state index < -0.39 is 16.8 Å². The molecule has 3 aliphatic rings. The van der Waals surface area contributed by atoms with Crippen molar-refractivity contribution in [1.29, 1.82) is 0 Å². The molecule has 10 heteroatoms. The minimum atomic E-state index is -0.570. The third kappa shape index (κ3) is 4.31. The Morgan fingerprint density at radius 3 is 2.56 bits per heavy atom. The fourth-order valence-electron chi connectivity index (χ4n) is 4.96. The van der Waals surface area contributed by atoms with Gasteiger partial charge in [-0.15, -0.1) is 11.8 Å². The number of hydrogen-bond acceptors (Lipinski definition) is 7. The number of nitrogens with zero attached hydrogens (tertiary/aromatic N) is 1. The van der Waals surface area contributed by atoms with Crippen molar-refractivity contribution in [2.24, 2.45) is 5.92 Å². The molecule has 1 amide bonds. The predicted octanol–water partition coefficient (Wildman–Crippen LogP) is 3.82. The van der Waals surface area contributed by atoms with Gasteiger partial charge in [0, 0.05) is 46.5 Å². The van der Waals surface area contributed by atoms with Crippen molar-refractivity contribution in [3.63, 3.8) is 0 Å². The first-order valence-corrected chi connectivity index (χ1v) is 12.5. The molecule has 2 aromatic rings. The highest BCUT2D eigenvalue weighted by molar-refractivity contribution is 7.99. The highest BCUT2D eigenvalue weighted by atomic mass is 35.5. The predicted molar refractivity (Wildman–Crippen MR) is 130 cm³/mol. The standard InChI is InChI=1S/C24H23ClN4O4S/c25-16-5-2-1-4-14(16)12-34-24-27-22-21(23(31)28-24)19(13-8-10-15(11-9-13)29(32)33)20-17(26-22)6-3-7-18(20)30/h1-2,4-5,8-11,19,21-22,24,26-27H,3,6-7,12H2,(H,28,31). The smallest absolute Gasteiger partial charge is 0.269 e. The number of allylic oxidation sites excluding steroid dienone is 2. The van der Waals surface area contributed by atoms with Crippen molar-refractivity contribution >= 4 is 40.7 Å². The van der Waals surface area contributed by atoms with E-state index in [-0.39, 0.29) is 29.0 Å². The maximum atomic E-state index is 13.4. The molecule has 1 saturated heterocycles. The second kappa shape index (κ2) is 9.40. The fourth-order valence-corrected chi connectivity index (χ4v) is 6.28. The first-order valence-electron chi connectivity index (χ1n) is 11.1. The molecule has 176 valence electrons. The lowest BCUT2D eigenvalue weighted by Crippen LogP contribution is -2.67. The van der Waals surface area contributed by atoms with Gasteiger partial charge in [-0.1, -0.05) is 41.9 Å². The monoisotopic (exact) mass is 498 g/mol. The zero-order valence-electron chi connectivity index (χ0n) is 18.1. The van der Waals surface area contributed by atoms with Gasteiger partial charge in [-0.2, -0.15) is 0 Å². The molecule has 3 N–H and O–H groups in total. The molecule has 1 aliphatic carbocycles. The van der Waals surface area contributed by atoms with Gasteiger partial charge in [0.15, 0.2) is 5.78 Å². The van der Waals surface area contributed by atoms with Gasteiger partial charge >= 0.3 is 0 Å². The van der Waals surface area contributed by atoms with Gasteiger partial charge in [-0.3, -0.25) is 25.0 Å². The van der Waals surface area contributed by atoms with Crippen molar-refractivity contribution in [2.45, 2.75) is 42.6 Å². The Hall–Kier alpha value is -2.88. The number of Topliss-reactive ketones (excluding diaryl/α,β-unsaturated/α-hetero) is 1. The summed E-state index contributed by atoms with van der Waals surface area (Å²) in [5.74, 6) is -0.566. The molecule has 2 aliphatic heterocycles. The molecule has 4 atom stereocenters. The number of thioether (sulfide) groups is 1. The van der Waals surface area contributed by atoms with Gasteiger partial charge in [-0.25, -0.2) is 0 Å². The number of nitrogens with one attached hydrogen (secondary N) is 3. The van der Waals surface area contributed by atoms with E-state index in [1.165, 1.54) is 23.9 Å². The Bertz CT molecular complexity index is 1190. The number of hydrogen-bond donors (Lipinski definition) is 3. The van der Waals surface area contributed by atoms with E-state index >= 15 is 0 Å². The van der Waals surface area contributed by atoms with Crippen molar-refractivity contribution < 1.29 is 14.5 Å². The number of nitro groups is 1. The number of fused-ring (bicyclic) bond motifs is 1. The molecular formula is C24H23ClN4O4S. The topological polar surface area (TPSA) is 113 Å². The van der Waals surface area contributed by atoms with Gasteiger partial charge in [0.05, 0.1) is 17.0 Å². The van der Waals surface area contributed by atoms with Gasteiger partial charge in [0.2, 0.25) is 5.91 Å². The molecule has 0 radical (unpaired) electrons. The van der Waals surface area contributed by atoms with E-state index in [0.29, 0.717) is 22.8 Å². The van der Waals surface area contributed by atoms with E-state index in [2.05, 4.69) is 16.0 Å². The van der Waals surface area contributed by atoms with Gasteiger partial charge in [-0.05, 0) is 30.0 Å². The second-order valence-corrected chi connectivity index (χ2v) is 10.1. The Labute approximate surface area is 205 Å². The third-order valence-electron chi connectivity index (χ3n) is 6.55. The molecule has 34 heavy (non-hydrogen) atoms. The summed E-state index contributed by atoms with van der Waals surface area (Å²) in [6.45, 7) is 0. The summed E-state index contributed by atoms with van der Waals surface area (Å²) >= 11 is 7.81. The summed E-state index contributed by atoms with van der Waals surface area (Å²) < 4.78 is 0. The van der Waals surface area contributed by atoms with Crippen molar-refractivity contribution in [1.82, 2.24) is 16.0 Å². The Balaban J connectivity index is 1.43. The lowest BCUT2D eigenvalue weighted by atomic mass is 9.70. The van der Waals surface area contributed by atoms with Crippen LogP contribution in [0.25, 0.3) is 0 Å².